The lowest BCUT2D eigenvalue weighted by molar-refractivity contribution is 0.616. The fourth-order valence-corrected chi connectivity index (χ4v) is 1.73. The normalized spacial score (nSPS) is 11.1. The minimum Gasteiger partial charge on any atom is -0.464 e. The van der Waals surface area contributed by atoms with E-state index >= 15 is 0 Å². The lowest BCUT2D eigenvalue weighted by Gasteiger charge is -1.97. The number of rotatable bonds is 0. The summed E-state index contributed by atoms with van der Waals surface area (Å²) in [5, 5.41) is 2.07. The summed E-state index contributed by atoms with van der Waals surface area (Å²) < 4.78 is 5.78. The maximum atomic E-state index is 5.29. The molecule has 68 valence electrons. The van der Waals surface area contributed by atoms with E-state index in [0.29, 0.717) is 4.77 Å². The van der Waals surface area contributed by atoms with Gasteiger partial charge < -0.3 is 9.40 Å². The zero-order valence-electron chi connectivity index (χ0n) is 7.15. The van der Waals surface area contributed by atoms with Crippen molar-refractivity contribution < 1.29 is 4.42 Å². The summed E-state index contributed by atoms with van der Waals surface area (Å²) in [6.07, 6.45) is 3.43. The molecule has 0 radical (unpaired) electrons. The maximum absolute atomic E-state index is 5.29. The molecule has 0 aliphatic rings. The van der Waals surface area contributed by atoms with Crippen molar-refractivity contribution >= 4 is 34.1 Å². The fourth-order valence-electron chi connectivity index (χ4n) is 1.58. The maximum Gasteiger partial charge on any atom is 0.197 e. The Labute approximate surface area is 84.4 Å². The summed E-state index contributed by atoms with van der Waals surface area (Å²) in [6, 6.07) is 5.80. The number of nitrogens with zero attached hydrogens (tertiary/aromatic N) is 1. The van der Waals surface area contributed by atoms with Crippen LogP contribution in [0.1, 0.15) is 0 Å². The number of aromatic nitrogens is 2. The molecule has 4 heteroatoms. The molecule has 1 N–H and O–H groups in total. The van der Waals surface area contributed by atoms with Gasteiger partial charge in [0.1, 0.15) is 5.58 Å². The molecule has 0 aliphatic carbocycles. The molecule has 0 aliphatic heterocycles. The predicted octanol–water partition coefficient (Wildman–Crippen LogP) is 3.04. The van der Waals surface area contributed by atoms with Crippen LogP contribution in [0.3, 0.4) is 0 Å². The van der Waals surface area contributed by atoms with E-state index in [1.165, 1.54) is 0 Å². The highest BCUT2D eigenvalue weighted by atomic mass is 32.1. The van der Waals surface area contributed by atoms with E-state index in [-0.39, 0.29) is 0 Å². The van der Waals surface area contributed by atoms with E-state index in [4.69, 9.17) is 16.6 Å². The predicted molar refractivity (Wildman–Crippen MR) is 56.7 cm³/mol. The van der Waals surface area contributed by atoms with Gasteiger partial charge in [-0.05, 0) is 30.4 Å². The Morgan fingerprint density at radius 3 is 3.14 bits per heavy atom. The average Bonchev–Trinajstić information content (AvgIpc) is 2.65. The summed E-state index contributed by atoms with van der Waals surface area (Å²) in [7, 11) is 0. The van der Waals surface area contributed by atoms with Crippen molar-refractivity contribution in [1.82, 2.24) is 9.97 Å². The molecular formula is C10H6N2OS. The lowest BCUT2D eigenvalue weighted by atomic mass is 10.2. The van der Waals surface area contributed by atoms with Crippen LogP contribution < -0.4 is 0 Å². The van der Waals surface area contributed by atoms with E-state index in [1.54, 1.807) is 12.5 Å². The number of fused-ring (bicyclic) bond motifs is 3. The van der Waals surface area contributed by atoms with Crippen LogP contribution >= 0.6 is 12.2 Å². The molecule has 3 nitrogen and oxygen atoms in total. The molecule has 3 rings (SSSR count). The summed E-state index contributed by atoms with van der Waals surface area (Å²) in [5.41, 5.74) is 1.84. The van der Waals surface area contributed by atoms with Crippen molar-refractivity contribution in [1.29, 1.82) is 0 Å². The monoisotopic (exact) mass is 202 g/mol. The number of nitrogens with one attached hydrogen (secondary N) is 1. The fraction of sp³-hybridized carbons (Fsp3) is 0. The summed E-state index contributed by atoms with van der Waals surface area (Å²) in [5.74, 6) is 0. The van der Waals surface area contributed by atoms with E-state index in [2.05, 4.69) is 9.97 Å². The Morgan fingerprint density at radius 1 is 1.29 bits per heavy atom. The molecule has 0 saturated heterocycles. The van der Waals surface area contributed by atoms with Crippen molar-refractivity contribution in [2.45, 2.75) is 0 Å². The molecule has 2 heterocycles. The first-order chi connectivity index (χ1) is 6.84. The van der Waals surface area contributed by atoms with E-state index in [9.17, 15) is 0 Å². The molecule has 0 fully saturated rings. The third kappa shape index (κ3) is 0.975. The smallest absolute Gasteiger partial charge is 0.197 e. The first kappa shape index (κ1) is 7.70. The third-order valence-corrected chi connectivity index (χ3v) is 2.43. The van der Waals surface area contributed by atoms with Crippen LogP contribution in [0.2, 0.25) is 0 Å². The van der Waals surface area contributed by atoms with Crippen LogP contribution in [-0.4, -0.2) is 9.97 Å². The first-order valence-corrected chi connectivity index (χ1v) is 4.61. The Kier molecular flexibility index (Phi) is 1.46. The van der Waals surface area contributed by atoms with Crippen LogP contribution in [0.5, 0.6) is 0 Å². The minimum atomic E-state index is 0.492. The molecule has 0 bridgehead atoms. The average molecular weight is 202 g/mol. The highest BCUT2D eigenvalue weighted by molar-refractivity contribution is 7.71. The largest absolute Gasteiger partial charge is 0.464 e. The zero-order valence-corrected chi connectivity index (χ0v) is 7.97. The quantitative estimate of drug-likeness (QED) is 0.570. The molecule has 3 aromatic rings. The molecule has 2 aromatic heterocycles. The Morgan fingerprint density at radius 2 is 2.21 bits per heavy atom. The first-order valence-electron chi connectivity index (χ1n) is 4.20. The van der Waals surface area contributed by atoms with Gasteiger partial charge in [0.2, 0.25) is 0 Å². The van der Waals surface area contributed by atoms with Gasteiger partial charge in [-0.1, -0.05) is 0 Å². The van der Waals surface area contributed by atoms with Gasteiger partial charge in [-0.15, -0.1) is 0 Å². The Balaban J connectivity index is 2.66. The molecule has 0 unspecified atom stereocenters. The number of benzene rings is 1. The molecular weight excluding hydrogens is 196 g/mol. The zero-order chi connectivity index (χ0) is 9.54. The highest BCUT2D eigenvalue weighted by Crippen LogP contribution is 2.23. The summed E-state index contributed by atoms with van der Waals surface area (Å²) >= 11 is 4.98. The lowest BCUT2D eigenvalue weighted by Crippen LogP contribution is -1.83. The van der Waals surface area contributed by atoms with Crippen molar-refractivity contribution in [2.75, 3.05) is 0 Å². The van der Waals surface area contributed by atoms with E-state index < -0.39 is 0 Å². The van der Waals surface area contributed by atoms with Crippen molar-refractivity contribution in [3.05, 3.63) is 35.4 Å². The minimum absolute atomic E-state index is 0.492. The van der Waals surface area contributed by atoms with Gasteiger partial charge in [-0.25, -0.2) is 4.98 Å². The second-order valence-corrected chi connectivity index (χ2v) is 3.44. The molecule has 0 atom stereocenters. The van der Waals surface area contributed by atoms with Crippen molar-refractivity contribution in [2.24, 2.45) is 0 Å². The number of hydrogen-bond acceptors (Lipinski definition) is 3. The molecule has 0 spiro atoms. The molecule has 14 heavy (non-hydrogen) atoms. The standard InChI is InChI=1S/C10H6N2OS/c14-10-11-5-6-1-2-8-7(3-4-13-8)9(6)12-10/h1-5H,(H,11,12,14). The van der Waals surface area contributed by atoms with Gasteiger partial charge in [0, 0.05) is 17.0 Å². The van der Waals surface area contributed by atoms with Gasteiger partial charge in [0.15, 0.2) is 4.77 Å². The highest BCUT2D eigenvalue weighted by Gasteiger charge is 2.02. The number of aromatic amines is 1. The van der Waals surface area contributed by atoms with Crippen LogP contribution in [0, 0.1) is 4.77 Å². The second kappa shape index (κ2) is 2.65. The van der Waals surface area contributed by atoms with E-state index in [0.717, 1.165) is 21.9 Å². The number of furan rings is 1. The van der Waals surface area contributed by atoms with Crippen molar-refractivity contribution in [3.8, 4) is 0 Å². The van der Waals surface area contributed by atoms with Gasteiger partial charge in [-0.3, -0.25) is 0 Å². The Hall–Kier alpha value is -1.68. The van der Waals surface area contributed by atoms with Crippen LogP contribution in [-0.2, 0) is 0 Å². The number of hydrogen-bond donors (Lipinski definition) is 1. The second-order valence-electron chi connectivity index (χ2n) is 3.05. The van der Waals surface area contributed by atoms with Crippen LogP contribution in [0.25, 0.3) is 21.9 Å². The van der Waals surface area contributed by atoms with Gasteiger partial charge >= 0.3 is 0 Å². The summed E-state index contributed by atoms with van der Waals surface area (Å²) in [6.45, 7) is 0. The molecule has 1 aromatic carbocycles. The number of H-pyrrole nitrogens is 1. The van der Waals surface area contributed by atoms with Gasteiger partial charge in [0.05, 0.1) is 11.8 Å². The van der Waals surface area contributed by atoms with Crippen molar-refractivity contribution in [3.63, 3.8) is 0 Å². The SMILES string of the molecule is S=c1ncc2ccc3occc3c2[nH]1. The summed E-state index contributed by atoms with van der Waals surface area (Å²) in [4.78, 5) is 7.09. The molecule has 0 saturated carbocycles. The topological polar surface area (TPSA) is 41.8 Å². The van der Waals surface area contributed by atoms with Crippen LogP contribution in [0.15, 0.2) is 35.1 Å². The van der Waals surface area contributed by atoms with Crippen LogP contribution in [0.4, 0.5) is 0 Å². The third-order valence-electron chi connectivity index (χ3n) is 2.22. The molecule has 0 amide bonds. The Bertz CT molecular complexity index is 668. The van der Waals surface area contributed by atoms with Gasteiger partial charge in [0.25, 0.3) is 0 Å². The van der Waals surface area contributed by atoms with E-state index in [1.807, 2.05) is 18.2 Å². The van der Waals surface area contributed by atoms with Gasteiger partial charge in [-0.2, -0.15) is 0 Å².